The van der Waals surface area contributed by atoms with Crippen LogP contribution in [0.3, 0.4) is 0 Å². The summed E-state index contributed by atoms with van der Waals surface area (Å²) in [4.78, 5) is 75.8. The highest BCUT2D eigenvalue weighted by Crippen LogP contribution is 2.41. The summed E-state index contributed by atoms with van der Waals surface area (Å²) in [5, 5.41) is 4.92. The van der Waals surface area contributed by atoms with E-state index in [-0.39, 0.29) is 42.0 Å². The molecule has 4 fully saturated rings. The molecule has 0 aliphatic carbocycles. The van der Waals surface area contributed by atoms with Crippen molar-refractivity contribution in [3.8, 4) is 32.0 Å². The number of carbonyl (C=O) groups is 4. The van der Waals surface area contributed by atoms with E-state index in [1.165, 1.54) is 0 Å². The molecule has 6 heterocycles. The molecule has 0 spiro atoms. The van der Waals surface area contributed by atoms with Crippen molar-refractivity contribution in [2.24, 2.45) is 0 Å². The number of hydrogen-bond donors (Lipinski definition) is 1. The van der Waals surface area contributed by atoms with E-state index in [1.54, 1.807) is 22.7 Å². The fourth-order valence-electron chi connectivity index (χ4n) is 10.5. The van der Waals surface area contributed by atoms with E-state index in [9.17, 15) is 19.2 Å². The summed E-state index contributed by atoms with van der Waals surface area (Å²) in [7, 11) is 0. The Hall–Kier alpha value is -5.94. The lowest BCUT2D eigenvalue weighted by Crippen LogP contribution is -2.44. The van der Waals surface area contributed by atoms with Gasteiger partial charge >= 0.3 is 0 Å². The number of morpholine rings is 2. The molecule has 4 atom stereocenters. The molecular weight excluding hydrogens is 943 g/mol. The summed E-state index contributed by atoms with van der Waals surface area (Å²) in [6, 6.07) is 35.3. The number of ketones is 1. The highest BCUT2D eigenvalue weighted by Gasteiger charge is 2.39. The van der Waals surface area contributed by atoms with E-state index in [0.29, 0.717) is 65.4 Å². The predicted octanol–water partition coefficient (Wildman–Crippen LogP) is 8.97. The van der Waals surface area contributed by atoms with Crippen LogP contribution < -0.4 is 5.32 Å². The average molecular weight is 1010 g/mol. The van der Waals surface area contributed by atoms with E-state index in [4.69, 9.17) is 19.4 Å². The fraction of sp³-hybridized carbons (Fsp3) is 0.404. The topological polar surface area (TPSA) is 138 Å². The van der Waals surface area contributed by atoms with Gasteiger partial charge in [0, 0.05) is 84.0 Å². The third-order valence-electron chi connectivity index (χ3n) is 14.5. The van der Waals surface area contributed by atoms with Crippen LogP contribution in [0.15, 0.2) is 122 Å². The van der Waals surface area contributed by atoms with E-state index in [0.717, 1.165) is 105 Å². The highest BCUT2D eigenvalue weighted by atomic mass is 32.1. The molecule has 4 aliphatic rings. The number of benzene rings is 4. The minimum Gasteiger partial charge on any atom is -0.379 e. The van der Waals surface area contributed by atoms with Gasteiger partial charge in [-0.3, -0.25) is 29.0 Å². The van der Waals surface area contributed by atoms with Crippen LogP contribution in [0.1, 0.15) is 90.1 Å². The van der Waals surface area contributed by atoms with Crippen molar-refractivity contribution < 1.29 is 28.7 Å². The van der Waals surface area contributed by atoms with Crippen molar-refractivity contribution >= 4 is 46.2 Å². The van der Waals surface area contributed by atoms with Gasteiger partial charge in [0.25, 0.3) is 0 Å². The minimum absolute atomic E-state index is 0.00465. The van der Waals surface area contributed by atoms with Gasteiger partial charge in [0.1, 0.15) is 21.8 Å². The Balaban J connectivity index is 0.767. The molecule has 4 aromatic carbocycles. The molecule has 4 saturated heterocycles. The zero-order valence-electron chi connectivity index (χ0n) is 40.7. The molecule has 10 rings (SSSR count). The first-order valence-corrected chi connectivity index (χ1v) is 27.2. The number of ether oxygens (including phenoxy) is 2. The number of hydrogen-bond acceptors (Lipinski definition) is 12. The second kappa shape index (κ2) is 23.7. The molecule has 374 valence electrons. The molecule has 6 aromatic rings. The Morgan fingerprint density at radius 1 is 0.556 bits per heavy atom. The molecule has 0 saturated carbocycles. The number of aromatic nitrogens is 2. The van der Waals surface area contributed by atoms with Crippen LogP contribution in [-0.2, 0) is 28.7 Å². The summed E-state index contributed by atoms with van der Waals surface area (Å²) in [6.07, 6.45) is 8.19. The molecule has 15 heteroatoms. The lowest BCUT2D eigenvalue weighted by atomic mass is 9.91. The largest absolute Gasteiger partial charge is 0.379 e. The van der Waals surface area contributed by atoms with Crippen molar-refractivity contribution in [2.75, 3.05) is 78.8 Å². The van der Waals surface area contributed by atoms with Crippen molar-refractivity contribution in [1.29, 1.82) is 0 Å². The quantitative estimate of drug-likeness (QED) is 0.0889. The molecular formula is C57H63N7O6S2. The molecule has 1 N–H and O–H groups in total. The average Bonchev–Trinajstić information content (AvgIpc) is 4.30. The molecule has 3 amide bonds. The highest BCUT2D eigenvalue weighted by molar-refractivity contribution is 7.15. The third-order valence-corrected chi connectivity index (χ3v) is 16.8. The van der Waals surface area contributed by atoms with Gasteiger partial charge in [-0.1, -0.05) is 109 Å². The van der Waals surface area contributed by atoms with Crippen LogP contribution in [0.4, 0.5) is 0 Å². The van der Waals surface area contributed by atoms with Crippen molar-refractivity contribution in [1.82, 2.24) is 34.9 Å². The first kappa shape index (κ1) is 49.6. The zero-order valence-corrected chi connectivity index (χ0v) is 42.4. The fourth-order valence-corrected chi connectivity index (χ4v) is 12.6. The Kier molecular flexibility index (Phi) is 16.4. The molecule has 13 nitrogen and oxygen atoms in total. The Morgan fingerprint density at radius 2 is 1.01 bits per heavy atom. The molecule has 0 bridgehead atoms. The maximum atomic E-state index is 14.4. The molecule has 4 aliphatic heterocycles. The van der Waals surface area contributed by atoms with Crippen LogP contribution >= 0.6 is 22.7 Å². The number of rotatable bonds is 18. The predicted molar refractivity (Wildman–Crippen MR) is 281 cm³/mol. The smallest absolute Gasteiger partial charge is 0.250 e. The van der Waals surface area contributed by atoms with Gasteiger partial charge in [-0.15, -0.1) is 22.7 Å². The second-order valence-electron chi connectivity index (χ2n) is 19.2. The third kappa shape index (κ3) is 11.9. The monoisotopic (exact) mass is 1010 g/mol. The number of thiazole rings is 2. The first-order valence-electron chi connectivity index (χ1n) is 25.6. The molecule has 0 unspecified atom stereocenters. The standard InChI is InChI=1S/C57H63N7O6S2/c65-46(23-27-61-29-33-69-34-30-61)37-47(42-9-3-1-4-10-42)56(67)63-25-7-13-48(63)54-58-38-50(71-54)43-19-15-40(16-20-43)41-17-21-44(22-18-41)51-39-59-55(72-51)49-14-8-26-64(49)57(68)53(45-11-5-2-6-12-45)60-52(66)24-28-62-31-35-70-36-32-62/h1-6,9-12,15-22,38-39,47-49,53H,7-8,13-14,23-37H2,(H,60,66)/t47-,48+,49+,53-/m1/s1. The Morgan fingerprint density at radius 3 is 1.53 bits per heavy atom. The number of nitrogens with one attached hydrogen (secondary N) is 1. The number of amides is 3. The van der Waals surface area contributed by atoms with Gasteiger partial charge in [-0.05, 0) is 59.1 Å². The first-order chi connectivity index (χ1) is 35.3. The van der Waals surface area contributed by atoms with Crippen molar-refractivity contribution in [3.63, 3.8) is 0 Å². The Bertz CT molecular complexity index is 2570. The number of nitrogens with zero attached hydrogens (tertiary/aromatic N) is 6. The Labute approximate surface area is 430 Å². The van der Waals surface area contributed by atoms with E-state index in [2.05, 4.69) is 63.6 Å². The molecule has 0 radical (unpaired) electrons. The van der Waals surface area contributed by atoms with Crippen LogP contribution in [-0.4, -0.2) is 132 Å². The maximum Gasteiger partial charge on any atom is 0.250 e. The van der Waals surface area contributed by atoms with Gasteiger partial charge in [-0.25, -0.2) is 9.97 Å². The number of Topliss-reactive ketones (excluding diaryl/α,β-unsaturated/α-hetero) is 1. The van der Waals surface area contributed by atoms with E-state index < -0.39 is 12.0 Å². The van der Waals surface area contributed by atoms with Gasteiger partial charge in [0.05, 0.1) is 54.2 Å². The summed E-state index contributed by atoms with van der Waals surface area (Å²) in [6.45, 7) is 8.61. The van der Waals surface area contributed by atoms with Crippen LogP contribution in [0, 0.1) is 0 Å². The normalized spacial score (nSPS) is 19.6. The zero-order chi connectivity index (χ0) is 49.2. The lowest BCUT2D eigenvalue weighted by Gasteiger charge is -2.29. The maximum absolute atomic E-state index is 14.4. The number of carbonyl (C=O) groups excluding carboxylic acids is 4. The molecule has 72 heavy (non-hydrogen) atoms. The van der Waals surface area contributed by atoms with Gasteiger partial charge in [0.2, 0.25) is 17.7 Å². The van der Waals surface area contributed by atoms with Gasteiger partial charge in [-0.2, -0.15) is 0 Å². The van der Waals surface area contributed by atoms with Crippen molar-refractivity contribution in [2.45, 2.75) is 69.0 Å². The summed E-state index contributed by atoms with van der Waals surface area (Å²) < 4.78 is 10.9. The summed E-state index contributed by atoms with van der Waals surface area (Å²) in [5.41, 5.74) is 5.98. The second-order valence-corrected chi connectivity index (χ2v) is 21.3. The van der Waals surface area contributed by atoms with E-state index >= 15 is 0 Å². The van der Waals surface area contributed by atoms with Crippen LogP contribution in [0.2, 0.25) is 0 Å². The van der Waals surface area contributed by atoms with Crippen molar-refractivity contribution in [3.05, 3.63) is 143 Å². The van der Waals surface area contributed by atoms with Gasteiger partial charge in [0.15, 0.2) is 0 Å². The summed E-state index contributed by atoms with van der Waals surface area (Å²) >= 11 is 3.26. The number of likely N-dealkylation sites (tertiary alicyclic amines) is 2. The SMILES string of the molecule is O=C(CCN1CCOCC1)C[C@@H](C(=O)N1CCC[C@H]1c1ncc(-c2ccc(-c3ccc(-c4cnc([C@@H]5CCCN5C(=O)[C@H](NC(=O)CCN5CCOCC5)c5ccccc5)s4)cc3)cc2)s1)c1ccccc1. The van der Waals surface area contributed by atoms with Gasteiger partial charge < -0.3 is 24.6 Å². The van der Waals surface area contributed by atoms with Crippen LogP contribution in [0.5, 0.6) is 0 Å². The van der Waals surface area contributed by atoms with E-state index in [1.807, 2.05) is 82.9 Å². The minimum atomic E-state index is -0.774. The molecule has 2 aromatic heterocycles. The lowest BCUT2D eigenvalue weighted by molar-refractivity contribution is -0.137. The summed E-state index contributed by atoms with van der Waals surface area (Å²) in [5.74, 6) is -0.652. The van der Waals surface area contributed by atoms with Crippen LogP contribution in [0.25, 0.3) is 32.0 Å².